The van der Waals surface area contributed by atoms with Crippen LogP contribution in [0.3, 0.4) is 0 Å². The largest absolute Gasteiger partial charge is 0.494 e. The molecular weight excluding hydrogens is 190 g/mol. The molecule has 3 nitrogen and oxygen atoms in total. The topological polar surface area (TPSA) is 52.3 Å². The van der Waals surface area contributed by atoms with E-state index >= 15 is 0 Å². The molecular formula is C12H17NO2. The van der Waals surface area contributed by atoms with Crippen molar-refractivity contribution in [3.8, 4) is 5.75 Å². The average molecular weight is 207 g/mol. The van der Waals surface area contributed by atoms with Crippen LogP contribution in [0.4, 0.5) is 0 Å². The predicted molar refractivity (Wildman–Crippen MR) is 59.7 cm³/mol. The van der Waals surface area contributed by atoms with Crippen LogP contribution in [0.1, 0.15) is 25.3 Å². The Bertz CT molecular complexity index is 323. The summed E-state index contributed by atoms with van der Waals surface area (Å²) >= 11 is 0. The van der Waals surface area contributed by atoms with Crippen molar-refractivity contribution < 1.29 is 9.53 Å². The Hall–Kier alpha value is -1.51. The standard InChI is InChI=1S/C12H17NO2/c1-2-3-7-15-11-6-4-5-10(8-11)9-12(13)14/h4-6,8H,2-3,7,9H2,1H3,(H2,13,14). The third kappa shape index (κ3) is 4.49. The van der Waals surface area contributed by atoms with Gasteiger partial charge >= 0.3 is 0 Å². The number of primary amides is 1. The first-order chi connectivity index (χ1) is 7.22. The highest BCUT2D eigenvalue weighted by Gasteiger charge is 2.00. The summed E-state index contributed by atoms with van der Waals surface area (Å²) in [6, 6.07) is 7.50. The molecule has 0 heterocycles. The Morgan fingerprint density at radius 3 is 2.93 bits per heavy atom. The third-order valence-electron chi connectivity index (χ3n) is 2.04. The van der Waals surface area contributed by atoms with Gasteiger partial charge in [-0.05, 0) is 24.1 Å². The highest BCUT2D eigenvalue weighted by atomic mass is 16.5. The summed E-state index contributed by atoms with van der Waals surface area (Å²) in [5, 5.41) is 0. The van der Waals surface area contributed by atoms with Gasteiger partial charge in [0, 0.05) is 0 Å². The number of amides is 1. The number of hydrogen-bond acceptors (Lipinski definition) is 2. The second kappa shape index (κ2) is 6.06. The fourth-order valence-corrected chi connectivity index (χ4v) is 1.28. The maximum atomic E-state index is 10.7. The summed E-state index contributed by atoms with van der Waals surface area (Å²) < 4.78 is 5.52. The number of carbonyl (C=O) groups excluding carboxylic acids is 1. The van der Waals surface area contributed by atoms with E-state index < -0.39 is 0 Å². The molecule has 0 unspecified atom stereocenters. The van der Waals surface area contributed by atoms with Crippen molar-refractivity contribution in [2.75, 3.05) is 6.61 Å². The number of carbonyl (C=O) groups is 1. The molecule has 3 heteroatoms. The van der Waals surface area contributed by atoms with E-state index in [2.05, 4.69) is 6.92 Å². The molecule has 0 aliphatic rings. The van der Waals surface area contributed by atoms with Gasteiger partial charge in [-0.25, -0.2) is 0 Å². The monoisotopic (exact) mass is 207 g/mol. The first-order valence-corrected chi connectivity index (χ1v) is 5.22. The van der Waals surface area contributed by atoms with E-state index in [9.17, 15) is 4.79 Å². The van der Waals surface area contributed by atoms with Gasteiger partial charge in [-0.1, -0.05) is 25.5 Å². The molecule has 0 radical (unpaired) electrons. The molecule has 0 aromatic heterocycles. The van der Waals surface area contributed by atoms with Crippen molar-refractivity contribution in [2.24, 2.45) is 5.73 Å². The van der Waals surface area contributed by atoms with E-state index in [1.807, 2.05) is 24.3 Å². The molecule has 0 spiro atoms. The second-order valence-electron chi connectivity index (χ2n) is 3.49. The molecule has 82 valence electrons. The molecule has 1 aromatic carbocycles. The number of rotatable bonds is 6. The zero-order valence-electron chi connectivity index (χ0n) is 9.03. The van der Waals surface area contributed by atoms with Crippen LogP contribution in [-0.2, 0) is 11.2 Å². The fourth-order valence-electron chi connectivity index (χ4n) is 1.28. The Labute approximate surface area is 90.2 Å². The van der Waals surface area contributed by atoms with Gasteiger partial charge in [0.1, 0.15) is 5.75 Å². The number of benzene rings is 1. The minimum absolute atomic E-state index is 0.269. The van der Waals surface area contributed by atoms with E-state index in [4.69, 9.17) is 10.5 Å². The molecule has 2 N–H and O–H groups in total. The van der Waals surface area contributed by atoms with E-state index in [0.29, 0.717) is 0 Å². The molecule has 0 saturated heterocycles. The lowest BCUT2D eigenvalue weighted by atomic mass is 10.1. The maximum absolute atomic E-state index is 10.7. The van der Waals surface area contributed by atoms with Crippen molar-refractivity contribution in [1.29, 1.82) is 0 Å². The summed E-state index contributed by atoms with van der Waals surface area (Å²) in [5.41, 5.74) is 6.02. The van der Waals surface area contributed by atoms with Crippen molar-refractivity contribution in [1.82, 2.24) is 0 Å². The van der Waals surface area contributed by atoms with Gasteiger partial charge in [0.15, 0.2) is 0 Å². The van der Waals surface area contributed by atoms with Gasteiger partial charge in [-0.15, -0.1) is 0 Å². The summed E-state index contributed by atoms with van der Waals surface area (Å²) in [7, 11) is 0. The van der Waals surface area contributed by atoms with Crippen LogP contribution < -0.4 is 10.5 Å². The van der Waals surface area contributed by atoms with Gasteiger partial charge in [0.2, 0.25) is 5.91 Å². The number of hydrogen-bond donors (Lipinski definition) is 1. The van der Waals surface area contributed by atoms with E-state index in [1.54, 1.807) is 0 Å². The van der Waals surface area contributed by atoms with E-state index in [-0.39, 0.29) is 12.3 Å². The Balaban J connectivity index is 2.53. The Morgan fingerprint density at radius 2 is 2.27 bits per heavy atom. The zero-order chi connectivity index (χ0) is 11.1. The minimum atomic E-state index is -0.319. The highest BCUT2D eigenvalue weighted by molar-refractivity contribution is 5.76. The van der Waals surface area contributed by atoms with Crippen molar-refractivity contribution in [3.63, 3.8) is 0 Å². The van der Waals surface area contributed by atoms with Crippen molar-refractivity contribution in [3.05, 3.63) is 29.8 Å². The Kier molecular flexibility index (Phi) is 4.68. The SMILES string of the molecule is CCCCOc1cccc(CC(N)=O)c1. The normalized spacial score (nSPS) is 9.93. The maximum Gasteiger partial charge on any atom is 0.221 e. The summed E-state index contributed by atoms with van der Waals surface area (Å²) in [6.07, 6.45) is 2.42. The molecule has 0 saturated carbocycles. The van der Waals surface area contributed by atoms with Gasteiger partial charge in [-0.3, -0.25) is 4.79 Å². The molecule has 15 heavy (non-hydrogen) atoms. The van der Waals surface area contributed by atoms with Crippen LogP contribution in [0.5, 0.6) is 5.75 Å². The summed E-state index contributed by atoms with van der Waals surface area (Å²) in [4.78, 5) is 10.7. The lowest BCUT2D eigenvalue weighted by molar-refractivity contribution is -0.117. The molecule has 0 aliphatic carbocycles. The fraction of sp³-hybridized carbons (Fsp3) is 0.417. The van der Waals surface area contributed by atoms with Crippen LogP contribution in [-0.4, -0.2) is 12.5 Å². The van der Waals surface area contributed by atoms with Gasteiger partial charge in [-0.2, -0.15) is 0 Å². The van der Waals surface area contributed by atoms with Gasteiger partial charge in [0.05, 0.1) is 13.0 Å². The van der Waals surface area contributed by atoms with Crippen LogP contribution in [0.25, 0.3) is 0 Å². The third-order valence-corrected chi connectivity index (χ3v) is 2.04. The molecule has 1 rings (SSSR count). The van der Waals surface area contributed by atoms with Gasteiger partial charge in [0.25, 0.3) is 0 Å². The molecule has 0 fully saturated rings. The van der Waals surface area contributed by atoms with Crippen LogP contribution >= 0.6 is 0 Å². The lowest BCUT2D eigenvalue weighted by Gasteiger charge is -2.06. The smallest absolute Gasteiger partial charge is 0.221 e. The van der Waals surface area contributed by atoms with Crippen molar-refractivity contribution >= 4 is 5.91 Å². The number of ether oxygens (including phenoxy) is 1. The molecule has 1 amide bonds. The second-order valence-corrected chi connectivity index (χ2v) is 3.49. The summed E-state index contributed by atoms with van der Waals surface area (Å²) in [5.74, 6) is 0.489. The first kappa shape index (κ1) is 11.6. The predicted octanol–water partition coefficient (Wildman–Crippen LogP) is 1.89. The number of nitrogens with two attached hydrogens (primary N) is 1. The lowest BCUT2D eigenvalue weighted by Crippen LogP contribution is -2.13. The minimum Gasteiger partial charge on any atom is -0.494 e. The Morgan fingerprint density at radius 1 is 1.47 bits per heavy atom. The molecule has 0 atom stereocenters. The molecule has 0 bridgehead atoms. The van der Waals surface area contributed by atoms with Crippen LogP contribution in [0.2, 0.25) is 0 Å². The van der Waals surface area contributed by atoms with Crippen molar-refractivity contribution in [2.45, 2.75) is 26.2 Å². The average Bonchev–Trinajstić information content (AvgIpc) is 2.18. The summed E-state index contributed by atoms with van der Waals surface area (Å²) in [6.45, 7) is 2.84. The highest BCUT2D eigenvalue weighted by Crippen LogP contribution is 2.14. The number of unbranched alkanes of at least 4 members (excludes halogenated alkanes) is 1. The molecule has 0 aliphatic heterocycles. The first-order valence-electron chi connectivity index (χ1n) is 5.22. The quantitative estimate of drug-likeness (QED) is 0.724. The van der Waals surface area contributed by atoms with E-state index in [1.165, 1.54) is 0 Å². The van der Waals surface area contributed by atoms with Crippen LogP contribution in [0.15, 0.2) is 24.3 Å². The molecule has 1 aromatic rings. The van der Waals surface area contributed by atoms with Crippen LogP contribution in [0, 0.1) is 0 Å². The van der Waals surface area contributed by atoms with E-state index in [0.717, 1.165) is 30.8 Å². The zero-order valence-corrected chi connectivity index (χ0v) is 9.03. The van der Waals surface area contributed by atoms with Gasteiger partial charge < -0.3 is 10.5 Å².